The van der Waals surface area contributed by atoms with Crippen molar-refractivity contribution in [2.45, 2.75) is 19.0 Å². The standard InChI is InChI=1S/C13H16N2O3/c1-15-12(16)7-11(13(15)17)14-8-9-3-5-10(18-2)6-4-9/h3-6,11,14H,7-8H2,1-2H3/p+1/t11-/m0/s1. The van der Waals surface area contributed by atoms with E-state index in [-0.39, 0.29) is 17.9 Å². The molecule has 1 atom stereocenters. The molecule has 0 aliphatic carbocycles. The summed E-state index contributed by atoms with van der Waals surface area (Å²) in [5.74, 6) is 0.607. The van der Waals surface area contributed by atoms with Crippen LogP contribution in [0.3, 0.4) is 0 Å². The molecule has 2 N–H and O–H groups in total. The van der Waals surface area contributed by atoms with Crippen LogP contribution in [-0.4, -0.2) is 36.9 Å². The second-order valence-electron chi connectivity index (χ2n) is 4.39. The molecule has 1 heterocycles. The molecule has 96 valence electrons. The average Bonchev–Trinajstić information content (AvgIpc) is 2.64. The van der Waals surface area contributed by atoms with Gasteiger partial charge in [-0.25, -0.2) is 0 Å². The Hall–Kier alpha value is -1.88. The van der Waals surface area contributed by atoms with Crippen LogP contribution in [0.2, 0.25) is 0 Å². The number of nitrogens with zero attached hydrogens (tertiary/aromatic N) is 1. The summed E-state index contributed by atoms with van der Waals surface area (Å²) in [4.78, 5) is 24.3. The summed E-state index contributed by atoms with van der Waals surface area (Å²) in [6.07, 6.45) is 0.297. The largest absolute Gasteiger partial charge is 0.497 e. The fourth-order valence-corrected chi connectivity index (χ4v) is 2.01. The van der Waals surface area contributed by atoms with Gasteiger partial charge in [-0.2, -0.15) is 0 Å². The summed E-state index contributed by atoms with van der Waals surface area (Å²) in [6.45, 7) is 0.682. The van der Waals surface area contributed by atoms with E-state index in [0.29, 0.717) is 13.0 Å². The Balaban J connectivity index is 1.91. The monoisotopic (exact) mass is 249 g/mol. The molecule has 18 heavy (non-hydrogen) atoms. The van der Waals surface area contributed by atoms with Gasteiger partial charge in [0.25, 0.3) is 5.91 Å². The summed E-state index contributed by atoms with van der Waals surface area (Å²) >= 11 is 0. The minimum absolute atomic E-state index is 0.101. The molecule has 2 amide bonds. The van der Waals surface area contributed by atoms with E-state index in [0.717, 1.165) is 11.3 Å². The molecular weight excluding hydrogens is 232 g/mol. The number of ether oxygens (including phenoxy) is 1. The van der Waals surface area contributed by atoms with Crippen LogP contribution in [0.25, 0.3) is 0 Å². The van der Waals surface area contributed by atoms with E-state index in [9.17, 15) is 9.59 Å². The van der Waals surface area contributed by atoms with E-state index >= 15 is 0 Å². The van der Waals surface area contributed by atoms with Crippen molar-refractivity contribution in [2.24, 2.45) is 0 Å². The number of carbonyl (C=O) groups is 2. The van der Waals surface area contributed by atoms with Gasteiger partial charge >= 0.3 is 0 Å². The van der Waals surface area contributed by atoms with Crippen molar-refractivity contribution in [1.82, 2.24) is 4.90 Å². The van der Waals surface area contributed by atoms with E-state index in [4.69, 9.17) is 4.74 Å². The lowest BCUT2D eigenvalue weighted by atomic mass is 10.2. The normalized spacial score (nSPS) is 19.4. The van der Waals surface area contributed by atoms with Crippen LogP contribution in [0.15, 0.2) is 24.3 Å². The highest BCUT2D eigenvalue weighted by Crippen LogP contribution is 2.11. The molecule has 1 aromatic rings. The lowest BCUT2D eigenvalue weighted by Gasteiger charge is -2.08. The third-order valence-corrected chi connectivity index (χ3v) is 3.21. The third kappa shape index (κ3) is 2.51. The van der Waals surface area contributed by atoms with Gasteiger partial charge in [-0.1, -0.05) is 0 Å². The van der Waals surface area contributed by atoms with Crippen molar-refractivity contribution < 1.29 is 19.6 Å². The summed E-state index contributed by atoms with van der Waals surface area (Å²) in [5, 5.41) is 1.91. The van der Waals surface area contributed by atoms with Gasteiger partial charge in [-0.15, -0.1) is 0 Å². The fraction of sp³-hybridized carbons (Fsp3) is 0.385. The topological polar surface area (TPSA) is 63.2 Å². The van der Waals surface area contributed by atoms with Crippen LogP contribution in [0.5, 0.6) is 5.75 Å². The molecule has 0 spiro atoms. The second-order valence-corrected chi connectivity index (χ2v) is 4.39. The molecule has 1 fully saturated rings. The summed E-state index contributed by atoms with van der Waals surface area (Å²) in [6, 6.07) is 7.42. The first kappa shape index (κ1) is 12.6. The van der Waals surface area contributed by atoms with Gasteiger partial charge in [0.15, 0.2) is 6.04 Å². The first-order valence-electron chi connectivity index (χ1n) is 5.88. The fourth-order valence-electron chi connectivity index (χ4n) is 2.01. The number of likely N-dealkylation sites (N-methyl/N-ethyl adjacent to an activating group) is 1. The quantitative estimate of drug-likeness (QED) is 0.733. The van der Waals surface area contributed by atoms with Crippen LogP contribution < -0.4 is 10.1 Å². The number of quaternary nitrogens is 1. The summed E-state index contributed by atoms with van der Waals surface area (Å²) < 4.78 is 5.08. The van der Waals surface area contributed by atoms with E-state index in [2.05, 4.69) is 0 Å². The molecule has 0 saturated carbocycles. The Labute approximate surface area is 106 Å². The van der Waals surface area contributed by atoms with Crippen molar-refractivity contribution in [3.05, 3.63) is 29.8 Å². The van der Waals surface area contributed by atoms with Gasteiger partial charge in [0.05, 0.1) is 13.5 Å². The Kier molecular flexibility index (Phi) is 3.62. The van der Waals surface area contributed by atoms with Gasteiger partial charge in [-0.05, 0) is 24.3 Å². The number of carbonyl (C=O) groups excluding carboxylic acids is 2. The molecule has 1 aliphatic rings. The van der Waals surface area contributed by atoms with Crippen LogP contribution in [0.4, 0.5) is 0 Å². The lowest BCUT2D eigenvalue weighted by Crippen LogP contribution is -2.90. The highest BCUT2D eigenvalue weighted by atomic mass is 16.5. The van der Waals surface area contributed by atoms with E-state index in [1.165, 1.54) is 11.9 Å². The maximum atomic E-state index is 11.7. The van der Waals surface area contributed by atoms with E-state index in [1.54, 1.807) is 7.11 Å². The molecular formula is C13H17N2O3+. The zero-order valence-corrected chi connectivity index (χ0v) is 10.6. The number of amides is 2. The number of likely N-dealkylation sites (tertiary alicyclic amines) is 1. The van der Waals surface area contributed by atoms with Crippen molar-refractivity contribution in [1.29, 1.82) is 0 Å². The van der Waals surface area contributed by atoms with Crippen LogP contribution >= 0.6 is 0 Å². The number of benzene rings is 1. The van der Waals surface area contributed by atoms with Gasteiger partial charge in [-0.3, -0.25) is 14.5 Å². The van der Waals surface area contributed by atoms with Gasteiger partial charge in [0.1, 0.15) is 12.3 Å². The predicted molar refractivity (Wildman–Crippen MR) is 64.8 cm³/mol. The molecule has 0 bridgehead atoms. The molecule has 0 aromatic heterocycles. The summed E-state index contributed by atoms with van der Waals surface area (Å²) in [7, 11) is 3.16. The Morgan fingerprint density at radius 2 is 2.00 bits per heavy atom. The second kappa shape index (κ2) is 5.18. The third-order valence-electron chi connectivity index (χ3n) is 3.21. The SMILES string of the molecule is COc1ccc(C[NH2+][C@H]2CC(=O)N(C)C2=O)cc1. The molecule has 1 saturated heterocycles. The van der Waals surface area contributed by atoms with E-state index in [1.807, 2.05) is 29.6 Å². The highest BCUT2D eigenvalue weighted by Gasteiger charge is 2.38. The maximum absolute atomic E-state index is 11.7. The average molecular weight is 249 g/mol. The molecule has 5 heteroatoms. The van der Waals surface area contributed by atoms with Crippen molar-refractivity contribution in [3.8, 4) is 5.75 Å². The smallest absolute Gasteiger partial charge is 0.287 e. The minimum atomic E-state index is -0.274. The molecule has 0 radical (unpaired) electrons. The maximum Gasteiger partial charge on any atom is 0.287 e. The highest BCUT2D eigenvalue weighted by molar-refractivity contribution is 6.04. The molecule has 1 aromatic carbocycles. The Bertz CT molecular complexity index is 456. The van der Waals surface area contributed by atoms with Crippen LogP contribution in [0.1, 0.15) is 12.0 Å². The number of nitrogens with two attached hydrogens (primary N) is 1. The Morgan fingerprint density at radius 1 is 1.33 bits per heavy atom. The summed E-state index contributed by atoms with van der Waals surface area (Å²) in [5.41, 5.74) is 1.10. The first-order valence-corrected chi connectivity index (χ1v) is 5.88. The minimum Gasteiger partial charge on any atom is -0.497 e. The molecule has 5 nitrogen and oxygen atoms in total. The lowest BCUT2D eigenvalue weighted by molar-refractivity contribution is -0.690. The number of hydrogen-bond donors (Lipinski definition) is 1. The molecule has 0 unspecified atom stereocenters. The zero-order chi connectivity index (χ0) is 13.1. The molecule has 2 rings (SSSR count). The number of imide groups is 1. The van der Waals surface area contributed by atoms with Gasteiger partial charge in [0, 0.05) is 12.6 Å². The van der Waals surface area contributed by atoms with Crippen molar-refractivity contribution in [2.75, 3.05) is 14.2 Å². The Morgan fingerprint density at radius 3 is 2.50 bits per heavy atom. The predicted octanol–water partition coefficient (Wildman–Crippen LogP) is -0.484. The zero-order valence-electron chi connectivity index (χ0n) is 10.6. The van der Waals surface area contributed by atoms with Gasteiger partial charge < -0.3 is 10.1 Å². The number of methoxy groups -OCH3 is 1. The van der Waals surface area contributed by atoms with Crippen molar-refractivity contribution in [3.63, 3.8) is 0 Å². The van der Waals surface area contributed by atoms with E-state index < -0.39 is 0 Å². The van der Waals surface area contributed by atoms with Crippen LogP contribution in [0, 0.1) is 0 Å². The van der Waals surface area contributed by atoms with Crippen LogP contribution in [-0.2, 0) is 16.1 Å². The number of rotatable bonds is 4. The molecule has 1 aliphatic heterocycles. The van der Waals surface area contributed by atoms with Crippen molar-refractivity contribution >= 4 is 11.8 Å². The van der Waals surface area contributed by atoms with Gasteiger partial charge in [0.2, 0.25) is 5.91 Å². The number of hydrogen-bond acceptors (Lipinski definition) is 3. The first-order chi connectivity index (χ1) is 8.61.